The van der Waals surface area contributed by atoms with Gasteiger partial charge in [0.2, 0.25) is 0 Å². The number of imidazole rings is 1. The van der Waals surface area contributed by atoms with Gasteiger partial charge in [0, 0.05) is 18.8 Å². The van der Waals surface area contributed by atoms with E-state index in [0.717, 1.165) is 5.69 Å². The van der Waals surface area contributed by atoms with Crippen LogP contribution in [0, 0.1) is 0 Å². The molecular formula is C9H15N3O2. The Morgan fingerprint density at radius 1 is 1.79 bits per heavy atom. The smallest absolute Gasteiger partial charge is 0.307 e. The predicted octanol–water partition coefficient (Wildman–Crippen LogP) is 0.466. The normalized spacial score (nSPS) is 12.5. The molecule has 14 heavy (non-hydrogen) atoms. The Kier molecular flexibility index (Phi) is 3.64. The number of esters is 1. The van der Waals surface area contributed by atoms with Crippen molar-refractivity contribution in [3.05, 3.63) is 18.2 Å². The minimum Gasteiger partial charge on any atom is -0.469 e. The molecule has 1 aromatic heterocycles. The molecule has 5 nitrogen and oxygen atoms in total. The van der Waals surface area contributed by atoms with Crippen LogP contribution in [0.2, 0.25) is 0 Å². The van der Waals surface area contributed by atoms with E-state index in [2.05, 4.69) is 9.72 Å². The van der Waals surface area contributed by atoms with E-state index in [-0.39, 0.29) is 12.0 Å². The largest absolute Gasteiger partial charge is 0.469 e. The molecule has 0 saturated carbocycles. The van der Waals surface area contributed by atoms with Crippen LogP contribution in [0.5, 0.6) is 0 Å². The third-order valence-corrected chi connectivity index (χ3v) is 2.00. The summed E-state index contributed by atoms with van der Waals surface area (Å²) in [6.45, 7) is 2.44. The average molecular weight is 197 g/mol. The highest BCUT2D eigenvalue weighted by atomic mass is 16.5. The van der Waals surface area contributed by atoms with E-state index in [1.807, 2.05) is 11.5 Å². The van der Waals surface area contributed by atoms with Gasteiger partial charge < -0.3 is 15.0 Å². The first-order valence-corrected chi connectivity index (χ1v) is 4.47. The van der Waals surface area contributed by atoms with E-state index in [1.165, 1.54) is 7.11 Å². The summed E-state index contributed by atoms with van der Waals surface area (Å²) in [7, 11) is 1.38. The molecule has 0 radical (unpaired) electrons. The van der Waals surface area contributed by atoms with Crippen molar-refractivity contribution in [2.24, 2.45) is 5.73 Å². The Labute approximate surface area is 82.9 Å². The standard InChI is InChI=1S/C9H15N3O2/c1-7(10)8-5-11-6-12(8)4-3-9(13)14-2/h5-7H,3-4,10H2,1-2H3/t7-/m0/s1. The number of aryl methyl sites for hydroxylation is 1. The van der Waals surface area contributed by atoms with Crippen molar-refractivity contribution < 1.29 is 9.53 Å². The van der Waals surface area contributed by atoms with Crippen LogP contribution in [0.25, 0.3) is 0 Å². The highest BCUT2D eigenvalue weighted by molar-refractivity contribution is 5.68. The van der Waals surface area contributed by atoms with Gasteiger partial charge in [-0.2, -0.15) is 0 Å². The van der Waals surface area contributed by atoms with E-state index in [4.69, 9.17) is 5.73 Å². The van der Waals surface area contributed by atoms with Gasteiger partial charge in [0.15, 0.2) is 0 Å². The predicted molar refractivity (Wildman–Crippen MR) is 51.5 cm³/mol. The fourth-order valence-electron chi connectivity index (χ4n) is 1.21. The van der Waals surface area contributed by atoms with Crippen molar-refractivity contribution >= 4 is 5.97 Å². The molecule has 1 rings (SSSR count). The molecule has 78 valence electrons. The number of rotatable bonds is 4. The Morgan fingerprint density at radius 2 is 2.50 bits per heavy atom. The minimum absolute atomic E-state index is 0.0739. The molecule has 1 atom stereocenters. The summed E-state index contributed by atoms with van der Waals surface area (Å²) in [6, 6.07) is -0.0739. The molecule has 0 saturated heterocycles. The van der Waals surface area contributed by atoms with Crippen LogP contribution < -0.4 is 5.73 Å². The Balaban J connectivity index is 2.58. The minimum atomic E-state index is -0.227. The highest BCUT2D eigenvalue weighted by Gasteiger charge is 2.08. The van der Waals surface area contributed by atoms with Crippen LogP contribution in [0.3, 0.4) is 0 Å². The zero-order chi connectivity index (χ0) is 10.6. The number of ether oxygens (including phenoxy) is 1. The molecule has 5 heteroatoms. The molecule has 0 aromatic carbocycles. The molecule has 1 heterocycles. The Morgan fingerprint density at radius 3 is 3.07 bits per heavy atom. The second-order valence-electron chi connectivity index (χ2n) is 3.13. The van der Waals surface area contributed by atoms with Crippen molar-refractivity contribution in [1.82, 2.24) is 9.55 Å². The summed E-state index contributed by atoms with van der Waals surface area (Å²) in [5.74, 6) is -0.227. The van der Waals surface area contributed by atoms with E-state index in [9.17, 15) is 4.79 Å². The maximum atomic E-state index is 10.9. The lowest BCUT2D eigenvalue weighted by Crippen LogP contribution is -2.14. The maximum absolute atomic E-state index is 10.9. The summed E-state index contributed by atoms with van der Waals surface area (Å²) in [5.41, 5.74) is 6.65. The first kappa shape index (κ1) is 10.7. The number of hydrogen-bond donors (Lipinski definition) is 1. The molecule has 0 aliphatic rings. The molecule has 0 spiro atoms. The van der Waals surface area contributed by atoms with Crippen LogP contribution in [0.4, 0.5) is 0 Å². The van der Waals surface area contributed by atoms with Crippen LogP contribution in [0.1, 0.15) is 25.1 Å². The van der Waals surface area contributed by atoms with Gasteiger partial charge in [-0.15, -0.1) is 0 Å². The number of nitrogens with two attached hydrogens (primary N) is 1. The third-order valence-electron chi connectivity index (χ3n) is 2.00. The molecule has 0 aliphatic carbocycles. The fourth-order valence-corrected chi connectivity index (χ4v) is 1.21. The zero-order valence-electron chi connectivity index (χ0n) is 8.43. The molecule has 1 aromatic rings. The fraction of sp³-hybridized carbons (Fsp3) is 0.556. The third kappa shape index (κ3) is 2.56. The monoisotopic (exact) mass is 197 g/mol. The average Bonchev–Trinajstić information content (AvgIpc) is 2.62. The van der Waals surface area contributed by atoms with Gasteiger partial charge in [0.05, 0.1) is 25.6 Å². The topological polar surface area (TPSA) is 70.1 Å². The summed E-state index contributed by atoms with van der Waals surface area (Å²) in [5, 5.41) is 0. The molecule has 0 unspecified atom stereocenters. The number of aromatic nitrogens is 2. The highest BCUT2D eigenvalue weighted by Crippen LogP contribution is 2.09. The van der Waals surface area contributed by atoms with Gasteiger partial charge in [-0.05, 0) is 6.92 Å². The maximum Gasteiger partial charge on any atom is 0.307 e. The second-order valence-corrected chi connectivity index (χ2v) is 3.13. The number of nitrogens with zero attached hydrogens (tertiary/aromatic N) is 2. The molecular weight excluding hydrogens is 182 g/mol. The van der Waals surface area contributed by atoms with Crippen molar-refractivity contribution in [3.63, 3.8) is 0 Å². The van der Waals surface area contributed by atoms with Gasteiger partial charge in [-0.1, -0.05) is 0 Å². The first-order valence-electron chi connectivity index (χ1n) is 4.47. The summed E-state index contributed by atoms with van der Waals surface area (Å²) >= 11 is 0. The lowest BCUT2D eigenvalue weighted by atomic mass is 10.2. The summed E-state index contributed by atoms with van der Waals surface area (Å²) in [6.07, 6.45) is 3.72. The van der Waals surface area contributed by atoms with Crippen molar-refractivity contribution in [3.8, 4) is 0 Å². The summed E-state index contributed by atoms with van der Waals surface area (Å²) < 4.78 is 6.41. The quantitative estimate of drug-likeness (QED) is 0.712. The second kappa shape index (κ2) is 4.76. The van der Waals surface area contributed by atoms with Crippen LogP contribution in [0.15, 0.2) is 12.5 Å². The van der Waals surface area contributed by atoms with E-state index in [0.29, 0.717) is 13.0 Å². The van der Waals surface area contributed by atoms with E-state index < -0.39 is 0 Å². The Hall–Kier alpha value is -1.36. The number of methoxy groups -OCH3 is 1. The van der Waals surface area contributed by atoms with Gasteiger partial charge in [0.25, 0.3) is 0 Å². The van der Waals surface area contributed by atoms with E-state index >= 15 is 0 Å². The van der Waals surface area contributed by atoms with Crippen molar-refractivity contribution in [1.29, 1.82) is 0 Å². The zero-order valence-corrected chi connectivity index (χ0v) is 8.43. The van der Waals surface area contributed by atoms with Crippen molar-refractivity contribution in [2.45, 2.75) is 25.9 Å². The van der Waals surface area contributed by atoms with Crippen molar-refractivity contribution in [2.75, 3.05) is 7.11 Å². The number of carbonyl (C=O) groups is 1. The van der Waals surface area contributed by atoms with Gasteiger partial charge in [-0.3, -0.25) is 4.79 Å². The number of carbonyl (C=O) groups excluding carboxylic acids is 1. The first-order chi connectivity index (χ1) is 6.65. The van der Waals surface area contributed by atoms with Gasteiger partial charge in [-0.25, -0.2) is 4.98 Å². The van der Waals surface area contributed by atoms with Gasteiger partial charge >= 0.3 is 5.97 Å². The van der Waals surface area contributed by atoms with Crippen LogP contribution in [-0.4, -0.2) is 22.6 Å². The van der Waals surface area contributed by atoms with Gasteiger partial charge in [0.1, 0.15) is 0 Å². The molecule has 0 fully saturated rings. The number of hydrogen-bond acceptors (Lipinski definition) is 4. The van der Waals surface area contributed by atoms with Crippen LogP contribution >= 0.6 is 0 Å². The lowest BCUT2D eigenvalue weighted by molar-refractivity contribution is -0.140. The lowest BCUT2D eigenvalue weighted by Gasteiger charge is -2.09. The molecule has 2 N–H and O–H groups in total. The SMILES string of the molecule is COC(=O)CCn1cncc1[C@H](C)N. The molecule has 0 amide bonds. The van der Waals surface area contributed by atoms with Crippen LogP contribution in [-0.2, 0) is 16.1 Å². The molecule has 0 aliphatic heterocycles. The van der Waals surface area contributed by atoms with E-state index in [1.54, 1.807) is 12.5 Å². The Bertz CT molecular complexity index is 307. The summed E-state index contributed by atoms with van der Waals surface area (Å²) in [4.78, 5) is 14.9. The molecule has 0 bridgehead atoms.